The molecule has 1 saturated heterocycles. The fourth-order valence-electron chi connectivity index (χ4n) is 9.03. The number of carbonyl (C=O) groups excluding carboxylic acids is 1. The van der Waals surface area contributed by atoms with Crippen LogP contribution in [0.15, 0.2) is 12.2 Å². The molecule has 1 amide bonds. The summed E-state index contributed by atoms with van der Waals surface area (Å²) < 4.78 is 11.1. The highest BCUT2D eigenvalue weighted by molar-refractivity contribution is 5.80. The van der Waals surface area contributed by atoms with Crippen LogP contribution in [-0.2, 0) is 14.3 Å². The molecule has 386 valence electrons. The lowest BCUT2D eigenvalue weighted by molar-refractivity contribution is -0.303. The molecule has 0 aliphatic carbocycles. The van der Waals surface area contributed by atoms with E-state index in [-0.39, 0.29) is 12.8 Å². The first-order valence-corrected chi connectivity index (χ1v) is 27.6. The summed E-state index contributed by atoms with van der Waals surface area (Å²) in [4.78, 5) is 13.1. The normalized spacial score (nSPS) is 20.9. The van der Waals surface area contributed by atoms with Crippen molar-refractivity contribution < 1.29 is 50.0 Å². The Labute approximate surface area is 398 Å². The van der Waals surface area contributed by atoms with Crippen molar-refractivity contribution in [2.75, 3.05) is 13.2 Å². The number of hydrogen-bond donors (Lipinski definition) is 8. The van der Waals surface area contributed by atoms with Crippen LogP contribution < -0.4 is 5.32 Å². The van der Waals surface area contributed by atoms with E-state index in [9.17, 15) is 40.5 Å². The van der Waals surface area contributed by atoms with Gasteiger partial charge in [0.2, 0.25) is 5.91 Å². The molecular weight excluding hydrogens is 823 g/mol. The van der Waals surface area contributed by atoms with Gasteiger partial charge in [-0.3, -0.25) is 4.79 Å². The lowest BCUT2D eigenvalue weighted by atomic mass is 9.98. The molecule has 1 rings (SSSR count). The van der Waals surface area contributed by atoms with Gasteiger partial charge in [0, 0.05) is 0 Å². The Morgan fingerprint density at radius 2 is 0.908 bits per heavy atom. The van der Waals surface area contributed by atoms with Crippen LogP contribution in [-0.4, -0.2) is 110 Å². The maximum atomic E-state index is 13.1. The summed E-state index contributed by atoms with van der Waals surface area (Å²) in [6.45, 7) is 3.45. The van der Waals surface area contributed by atoms with Gasteiger partial charge in [0.15, 0.2) is 6.29 Å². The summed E-state index contributed by atoms with van der Waals surface area (Å²) in [6.07, 6.45) is 38.4. The number of rotatable bonds is 47. The quantitative estimate of drug-likeness (QED) is 0.0215. The molecule has 65 heavy (non-hydrogen) atoms. The van der Waals surface area contributed by atoms with Crippen LogP contribution in [0.3, 0.4) is 0 Å². The molecule has 1 heterocycles. The third kappa shape index (κ3) is 33.1. The summed E-state index contributed by atoms with van der Waals surface area (Å²) in [5, 5.41) is 75.9. The molecule has 0 bridgehead atoms. The Hall–Kier alpha value is -1.15. The highest BCUT2D eigenvalue weighted by Gasteiger charge is 2.44. The number of aliphatic hydroxyl groups is 7. The highest BCUT2D eigenvalue weighted by Crippen LogP contribution is 2.23. The number of unbranched alkanes of at least 4 members (excludes halogenated alkanes) is 33. The number of amides is 1. The number of allylic oxidation sites excluding steroid dienone is 2. The Kier molecular flexibility index (Phi) is 42.0. The van der Waals surface area contributed by atoms with E-state index < -0.39 is 74.2 Å². The summed E-state index contributed by atoms with van der Waals surface area (Å²) in [6, 6.07) is -1.18. The minimum absolute atomic E-state index is 0.259. The van der Waals surface area contributed by atoms with E-state index in [0.29, 0.717) is 12.8 Å². The molecule has 0 spiro atoms. The van der Waals surface area contributed by atoms with Crippen LogP contribution in [0.5, 0.6) is 0 Å². The van der Waals surface area contributed by atoms with Crippen LogP contribution in [0.2, 0.25) is 0 Å². The van der Waals surface area contributed by atoms with Crippen molar-refractivity contribution in [1.29, 1.82) is 0 Å². The minimum atomic E-state index is -1.66. The smallest absolute Gasteiger partial charge is 0.249 e. The first-order valence-electron chi connectivity index (χ1n) is 27.6. The molecular formula is C54H105NO10. The van der Waals surface area contributed by atoms with Crippen molar-refractivity contribution in [3.8, 4) is 0 Å². The number of carbonyl (C=O) groups is 1. The molecule has 1 aliphatic heterocycles. The minimum Gasteiger partial charge on any atom is -0.394 e. The molecule has 9 atom stereocenters. The number of ether oxygens (including phenoxy) is 2. The van der Waals surface area contributed by atoms with Gasteiger partial charge >= 0.3 is 0 Å². The Morgan fingerprint density at radius 3 is 1.32 bits per heavy atom. The van der Waals surface area contributed by atoms with Gasteiger partial charge in [-0.15, -0.1) is 0 Å². The predicted molar refractivity (Wildman–Crippen MR) is 266 cm³/mol. The zero-order valence-corrected chi connectivity index (χ0v) is 42.0. The van der Waals surface area contributed by atoms with Crippen molar-refractivity contribution in [3.63, 3.8) is 0 Å². The molecule has 0 saturated carbocycles. The average Bonchev–Trinajstić information content (AvgIpc) is 3.31. The molecule has 11 nitrogen and oxygen atoms in total. The van der Waals surface area contributed by atoms with E-state index >= 15 is 0 Å². The molecule has 0 aromatic heterocycles. The Morgan fingerprint density at radius 1 is 0.523 bits per heavy atom. The topological polar surface area (TPSA) is 189 Å². The molecule has 1 fully saturated rings. The van der Waals surface area contributed by atoms with Gasteiger partial charge in [-0.1, -0.05) is 231 Å². The largest absolute Gasteiger partial charge is 0.394 e. The van der Waals surface area contributed by atoms with Crippen molar-refractivity contribution >= 4 is 5.91 Å². The summed E-state index contributed by atoms with van der Waals surface area (Å²) in [5.74, 6) is -0.702. The van der Waals surface area contributed by atoms with Gasteiger partial charge in [-0.05, 0) is 38.5 Å². The Balaban J connectivity index is 2.31. The maximum absolute atomic E-state index is 13.1. The average molecular weight is 928 g/mol. The molecule has 0 radical (unpaired) electrons. The van der Waals surface area contributed by atoms with Crippen molar-refractivity contribution in [1.82, 2.24) is 5.32 Å². The van der Waals surface area contributed by atoms with Gasteiger partial charge in [0.05, 0.1) is 25.4 Å². The monoisotopic (exact) mass is 928 g/mol. The molecule has 11 heteroatoms. The fourth-order valence-corrected chi connectivity index (χ4v) is 9.03. The van der Waals surface area contributed by atoms with Gasteiger partial charge < -0.3 is 50.5 Å². The standard InChI is InChI=1S/C54H105NO10/c1-3-5-7-9-11-13-15-17-19-20-21-22-23-24-25-26-27-28-30-32-34-36-38-40-42-47(58)53(63)55-45(44-64-54-52(62)51(61)50(60)48(43-56)65-54)49(59)46(57)41-39-37-35-33-31-29-18-16-14-12-10-8-6-4-2/h33,35,45-52,54,56-62H,3-32,34,36-44H2,1-2H3,(H,55,63)/b35-33+. The second-order valence-corrected chi connectivity index (χ2v) is 19.7. The van der Waals surface area contributed by atoms with Gasteiger partial charge in [-0.2, -0.15) is 0 Å². The van der Waals surface area contributed by atoms with Crippen molar-refractivity contribution in [2.24, 2.45) is 0 Å². The van der Waals surface area contributed by atoms with Crippen molar-refractivity contribution in [2.45, 2.75) is 313 Å². The second kappa shape index (κ2) is 44.1. The van der Waals surface area contributed by atoms with E-state index in [1.807, 2.05) is 0 Å². The maximum Gasteiger partial charge on any atom is 0.249 e. The molecule has 0 aromatic rings. The van der Waals surface area contributed by atoms with Gasteiger partial charge in [0.25, 0.3) is 0 Å². The summed E-state index contributed by atoms with van der Waals surface area (Å²) >= 11 is 0. The highest BCUT2D eigenvalue weighted by atomic mass is 16.7. The zero-order chi connectivity index (χ0) is 47.6. The SMILES string of the molecule is CCCCCCCCCCC/C=C/CCCC(O)C(O)C(COC1OC(CO)C(O)C(O)C1O)NC(=O)C(O)CCCCCCCCCCCCCCCCCCCCCCCCCC. The van der Waals surface area contributed by atoms with Crippen LogP contribution in [0.4, 0.5) is 0 Å². The second-order valence-electron chi connectivity index (χ2n) is 19.7. The number of hydrogen-bond acceptors (Lipinski definition) is 10. The fraction of sp³-hybridized carbons (Fsp3) is 0.944. The summed E-state index contributed by atoms with van der Waals surface area (Å²) in [5.41, 5.74) is 0. The zero-order valence-electron chi connectivity index (χ0n) is 42.0. The molecule has 9 unspecified atom stereocenters. The van der Waals surface area contributed by atoms with E-state index in [2.05, 4.69) is 31.3 Å². The van der Waals surface area contributed by atoms with Crippen LogP contribution in [0.25, 0.3) is 0 Å². The number of nitrogens with one attached hydrogen (secondary N) is 1. The van der Waals surface area contributed by atoms with Gasteiger partial charge in [-0.25, -0.2) is 0 Å². The first kappa shape index (κ1) is 61.9. The van der Waals surface area contributed by atoms with Crippen LogP contribution in [0.1, 0.15) is 258 Å². The Bertz CT molecular complexity index is 1060. The van der Waals surface area contributed by atoms with E-state index in [0.717, 1.165) is 38.5 Å². The summed E-state index contributed by atoms with van der Waals surface area (Å²) in [7, 11) is 0. The third-order valence-electron chi connectivity index (χ3n) is 13.6. The van der Waals surface area contributed by atoms with Crippen molar-refractivity contribution in [3.05, 3.63) is 12.2 Å². The van der Waals surface area contributed by atoms with E-state index in [4.69, 9.17) is 9.47 Å². The molecule has 0 aromatic carbocycles. The van der Waals surface area contributed by atoms with E-state index in [1.54, 1.807) is 0 Å². The molecule has 8 N–H and O–H groups in total. The first-order chi connectivity index (χ1) is 31.7. The van der Waals surface area contributed by atoms with Crippen LogP contribution >= 0.6 is 0 Å². The third-order valence-corrected chi connectivity index (χ3v) is 13.6. The van der Waals surface area contributed by atoms with Crippen LogP contribution in [0, 0.1) is 0 Å². The lowest BCUT2D eigenvalue weighted by Gasteiger charge is -2.40. The van der Waals surface area contributed by atoms with E-state index in [1.165, 1.54) is 180 Å². The lowest BCUT2D eigenvalue weighted by Crippen LogP contribution is -2.60. The van der Waals surface area contributed by atoms with Gasteiger partial charge in [0.1, 0.15) is 36.6 Å². The molecule has 1 aliphatic rings. The predicted octanol–water partition coefficient (Wildman–Crippen LogP) is 10.8. The number of aliphatic hydroxyl groups excluding tert-OH is 7.